The standard InChI is InChI=1S/C18H21FN4O2/c1-13-15(19)4-2-5-16(13)22-17(24)12-23-10-6-14(7-11-23)25-18-20-8-3-9-21-18/h2-5,8-9,14H,6-7,10-12H2,1H3,(H,22,24). The van der Waals surface area contributed by atoms with Crippen LogP contribution < -0.4 is 10.1 Å². The number of rotatable bonds is 5. The first-order valence-electron chi connectivity index (χ1n) is 8.33. The Morgan fingerprint density at radius 2 is 2.00 bits per heavy atom. The van der Waals surface area contributed by atoms with Crippen molar-refractivity contribution in [2.24, 2.45) is 0 Å². The van der Waals surface area contributed by atoms with Crippen LogP contribution >= 0.6 is 0 Å². The van der Waals surface area contributed by atoms with Gasteiger partial charge in [-0.3, -0.25) is 9.69 Å². The van der Waals surface area contributed by atoms with Gasteiger partial charge in [0, 0.05) is 36.7 Å². The third kappa shape index (κ3) is 4.73. The molecule has 0 atom stereocenters. The summed E-state index contributed by atoms with van der Waals surface area (Å²) in [7, 11) is 0. The van der Waals surface area contributed by atoms with Crippen LogP contribution in [0.15, 0.2) is 36.7 Å². The summed E-state index contributed by atoms with van der Waals surface area (Å²) in [5, 5.41) is 2.78. The average Bonchev–Trinajstić information content (AvgIpc) is 2.62. The van der Waals surface area contributed by atoms with Gasteiger partial charge in [0.15, 0.2) is 0 Å². The van der Waals surface area contributed by atoms with E-state index < -0.39 is 0 Å². The van der Waals surface area contributed by atoms with Crippen molar-refractivity contribution in [1.82, 2.24) is 14.9 Å². The van der Waals surface area contributed by atoms with Gasteiger partial charge < -0.3 is 10.1 Å². The maximum Gasteiger partial charge on any atom is 0.316 e. The second-order valence-corrected chi connectivity index (χ2v) is 6.09. The Morgan fingerprint density at radius 1 is 1.28 bits per heavy atom. The van der Waals surface area contributed by atoms with Crippen molar-refractivity contribution in [2.75, 3.05) is 25.0 Å². The largest absolute Gasteiger partial charge is 0.460 e. The summed E-state index contributed by atoms with van der Waals surface area (Å²) in [6.07, 6.45) is 4.98. The SMILES string of the molecule is Cc1c(F)cccc1NC(=O)CN1CCC(Oc2ncccn2)CC1. The molecule has 1 aromatic carbocycles. The molecule has 0 bridgehead atoms. The Bertz CT molecular complexity index is 718. The van der Waals surface area contributed by atoms with Gasteiger partial charge in [-0.1, -0.05) is 6.07 Å². The summed E-state index contributed by atoms with van der Waals surface area (Å²) in [5.74, 6) is -0.460. The number of nitrogens with one attached hydrogen (secondary N) is 1. The minimum absolute atomic E-state index is 0.0622. The number of aromatic nitrogens is 2. The van der Waals surface area contributed by atoms with Gasteiger partial charge in [-0.25, -0.2) is 14.4 Å². The molecule has 132 valence electrons. The molecule has 0 unspecified atom stereocenters. The number of carbonyl (C=O) groups excluding carboxylic acids is 1. The van der Waals surface area contributed by atoms with E-state index in [-0.39, 0.29) is 24.4 Å². The fourth-order valence-electron chi connectivity index (χ4n) is 2.82. The third-order valence-corrected chi connectivity index (χ3v) is 4.26. The van der Waals surface area contributed by atoms with E-state index >= 15 is 0 Å². The highest BCUT2D eigenvalue weighted by Gasteiger charge is 2.23. The van der Waals surface area contributed by atoms with Crippen molar-refractivity contribution in [2.45, 2.75) is 25.9 Å². The van der Waals surface area contributed by atoms with Gasteiger partial charge in [0.2, 0.25) is 5.91 Å². The molecule has 3 rings (SSSR count). The second kappa shape index (κ2) is 8.02. The van der Waals surface area contributed by atoms with Crippen LogP contribution in [-0.4, -0.2) is 46.5 Å². The average molecular weight is 344 g/mol. The van der Waals surface area contributed by atoms with Crippen LogP contribution in [0.1, 0.15) is 18.4 Å². The molecule has 2 aromatic rings. The molecule has 0 radical (unpaired) electrons. The van der Waals surface area contributed by atoms with Crippen molar-refractivity contribution in [1.29, 1.82) is 0 Å². The fraction of sp³-hybridized carbons (Fsp3) is 0.389. The summed E-state index contributed by atoms with van der Waals surface area (Å²) in [6, 6.07) is 6.81. The molecular formula is C18H21FN4O2. The molecule has 2 heterocycles. The summed E-state index contributed by atoms with van der Waals surface area (Å²) >= 11 is 0. The Morgan fingerprint density at radius 3 is 2.72 bits per heavy atom. The smallest absolute Gasteiger partial charge is 0.316 e. The highest BCUT2D eigenvalue weighted by Crippen LogP contribution is 2.18. The molecule has 1 aliphatic heterocycles. The number of halogens is 1. The first kappa shape index (κ1) is 17.3. The maximum atomic E-state index is 13.5. The zero-order chi connectivity index (χ0) is 17.6. The summed E-state index contributed by atoms with van der Waals surface area (Å²) < 4.78 is 19.3. The van der Waals surface area contributed by atoms with Crippen LogP contribution in [0.25, 0.3) is 0 Å². The number of carbonyl (C=O) groups is 1. The van der Waals surface area contributed by atoms with Crippen LogP contribution in [0.3, 0.4) is 0 Å². The number of hydrogen-bond acceptors (Lipinski definition) is 5. The zero-order valence-electron chi connectivity index (χ0n) is 14.1. The van der Waals surface area contributed by atoms with E-state index in [0.717, 1.165) is 25.9 Å². The first-order chi connectivity index (χ1) is 12.1. The quantitative estimate of drug-likeness (QED) is 0.902. The minimum Gasteiger partial charge on any atom is -0.460 e. The molecule has 1 fully saturated rings. The van der Waals surface area contributed by atoms with Gasteiger partial charge in [-0.15, -0.1) is 0 Å². The van der Waals surface area contributed by atoms with Crippen molar-refractivity contribution in [3.8, 4) is 6.01 Å². The number of ether oxygens (including phenoxy) is 1. The van der Waals surface area contributed by atoms with E-state index in [1.807, 2.05) is 0 Å². The Balaban J connectivity index is 1.45. The molecule has 1 saturated heterocycles. The predicted octanol–water partition coefficient (Wildman–Crippen LogP) is 2.41. The number of likely N-dealkylation sites (tertiary alicyclic amines) is 1. The Hall–Kier alpha value is -2.54. The number of anilines is 1. The zero-order valence-corrected chi connectivity index (χ0v) is 14.1. The molecule has 1 amide bonds. The normalized spacial score (nSPS) is 15.8. The van der Waals surface area contributed by atoms with E-state index in [4.69, 9.17) is 4.74 Å². The molecule has 0 aliphatic carbocycles. The van der Waals surface area contributed by atoms with E-state index in [0.29, 0.717) is 17.3 Å². The minimum atomic E-state index is -0.320. The van der Waals surface area contributed by atoms with Crippen molar-refractivity contribution in [3.05, 3.63) is 48.0 Å². The highest BCUT2D eigenvalue weighted by atomic mass is 19.1. The van der Waals surface area contributed by atoms with Gasteiger partial charge in [-0.2, -0.15) is 0 Å². The number of hydrogen-bond donors (Lipinski definition) is 1. The number of amides is 1. The summed E-state index contributed by atoms with van der Waals surface area (Å²) in [5.41, 5.74) is 0.968. The van der Waals surface area contributed by atoms with E-state index in [2.05, 4.69) is 20.2 Å². The van der Waals surface area contributed by atoms with Gasteiger partial charge in [0.1, 0.15) is 11.9 Å². The lowest BCUT2D eigenvalue weighted by Crippen LogP contribution is -2.42. The molecule has 1 N–H and O–H groups in total. The monoisotopic (exact) mass is 344 g/mol. The summed E-state index contributed by atoms with van der Waals surface area (Å²) in [4.78, 5) is 22.4. The first-order valence-corrected chi connectivity index (χ1v) is 8.33. The van der Waals surface area contributed by atoms with Gasteiger partial charge in [-0.05, 0) is 38.0 Å². The van der Waals surface area contributed by atoms with Crippen LogP contribution in [0.2, 0.25) is 0 Å². The van der Waals surface area contributed by atoms with Crippen LogP contribution in [0.5, 0.6) is 6.01 Å². The number of piperidine rings is 1. The van der Waals surface area contributed by atoms with Crippen LogP contribution in [-0.2, 0) is 4.79 Å². The van der Waals surface area contributed by atoms with Gasteiger partial charge >= 0.3 is 6.01 Å². The lowest BCUT2D eigenvalue weighted by molar-refractivity contribution is -0.117. The number of nitrogens with zero attached hydrogens (tertiary/aromatic N) is 3. The molecule has 0 saturated carbocycles. The van der Waals surface area contributed by atoms with Gasteiger partial charge in [0.25, 0.3) is 0 Å². The van der Waals surface area contributed by atoms with E-state index in [1.54, 1.807) is 37.5 Å². The molecule has 6 nitrogen and oxygen atoms in total. The fourth-order valence-corrected chi connectivity index (χ4v) is 2.82. The van der Waals surface area contributed by atoms with Crippen molar-refractivity contribution >= 4 is 11.6 Å². The molecule has 1 aromatic heterocycles. The molecule has 0 spiro atoms. The molecular weight excluding hydrogens is 323 g/mol. The Kier molecular flexibility index (Phi) is 5.55. The molecule has 1 aliphatic rings. The van der Waals surface area contributed by atoms with Crippen LogP contribution in [0, 0.1) is 12.7 Å². The molecule has 25 heavy (non-hydrogen) atoms. The lowest BCUT2D eigenvalue weighted by atomic mass is 10.1. The predicted molar refractivity (Wildman–Crippen MR) is 91.9 cm³/mol. The molecule has 7 heteroatoms. The highest BCUT2D eigenvalue weighted by molar-refractivity contribution is 5.92. The maximum absolute atomic E-state index is 13.5. The van der Waals surface area contributed by atoms with E-state index in [1.165, 1.54) is 6.07 Å². The Labute approximate surface area is 146 Å². The number of benzene rings is 1. The second-order valence-electron chi connectivity index (χ2n) is 6.09. The van der Waals surface area contributed by atoms with Gasteiger partial charge in [0.05, 0.1) is 6.54 Å². The third-order valence-electron chi connectivity index (χ3n) is 4.26. The van der Waals surface area contributed by atoms with E-state index in [9.17, 15) is 9.18 Å². The van der Waals surface area contributed by atoms with Crippen molar-refractivity contribution < 1.29 is 13.9 Å². The van der Waals surface area contributed by atoms with Crippen LogP contribution in [0.4, 0.5) is 10.1 Å². The topological polar surface area (TPSA) is 67.4 Å². The summed E-state index contributed by atoms with van der Waals surface area (Å²) in [6.45, 7) is 3.45. The lowest BCUT2D eigenvalue weighted by Gasteiger charge is -2.31. The van der Waals surface area contributed by atoms with Crippen molar-refractivity contribution in [3.63, 3.8) is 0 Å².